The molecule has 1 fully saturated rings. The maximum Gasteiger partial charge on any atom is 0.333 e. The van der Waals surface area contributed by atoms with Crippen LogP contribution in [0.3, 0.4) is 0 Å². The van der Waals surface area contributed by atoms with Gasteiger partial charge in [-0.2, -0.15) is 4.98 Å². The van der Waals surface area contributed by atoms with Crippen molar-refractivity contribution in [2.75, 3.05) is 12.3 Å². The van der Waals surface area contributed by atoms with Crippen LogP contribution >= 0.6 is 0 Å². The minimum absolute atomic E-state index is 0.0713. The number of nitrogens with two attached hydrogens (primary N) is 1. The van der Waals surface area contributed by atoms with Gasteiger partial charge in [0.05, 0.1) is 12.9 Å². The van der Waals surface area contributed by atoms with E-state index in [0.29, 0.717) is 11.1 Å². The van der Waals surface area contributed by atoms with Crippen LogP contribution in [-0.4, -0.2) is 72.3 Å². The Labute approximate surface area is 209 Å². The van der Waals surface area contributed by atoms with E-state index < -0.39 is 47.7 Å². The molecule has 2 aromatic heterocycles. The second-order valence-corrected chi connectivity index (χ2v) is 19.3. The van der Waals surface area contributed by atoms with Gasteiger partial charge in [0.25, 0.3) is 5.56 Å². The number of nitrogen functional groups attached to an aromatic ring is 1. The Morgan fingerprint density at radius 1 is 1.14 bits per heavy atom. The maximum atomic E-state index is 12.1. The van der Waals surface area contributed by atoms with Gasteiger partial charge in [-0.1, -0.05) is 55.4 Å². The van der Waals surface area contributed by atoms with Gasteiger partial charge in [-0.3, -0.25) is 14.3 Å². The predicted molar refractivity (Wildman–Crippen MR) is 139 cm³/mol. The van der Waals surface area contributed by atoms with Crippen molar-refractivity contribution < 1.29 is 23.5 Å². The number of aliphatic hydroxyl groups excluding tert-OH is 2. The number of H-pyrrole nitrogens is 1. The van der Waals surface area contributed by atoms with Crippen molar-refractivity contribution in [1.82, 2.24) is 19.5 Å². The maximum absolute atomic E-state index is 12.1. The van der Waals surface area contributed by atoms with Crippen LogP contribution in [0, 0.1) is 0 Å². The van der Waals surface area contributed by atoms with Crippen LogP contribution in [0.25, 0.3) is 11.2 Å². The number of aromatic amines is 1. The summed E-state index contributed by atoms with van der Waals surface area (Å²) in [4.78, 5) is 22.7. The van der Waals surface area contributed by atoms with Gasteiger partial charge in [0.1, 0.15) is 18.3 Å². The molecule has 3 rings (SSSR count). The van der Waals surface area contributed by atoms with Gasteiger partial charge in [0.15, 0.2) is 26.4 Å². The van der Waals surface area contributed by atoms with Crippen molar-refractivity contribution in [3.05, 3.63) is 16.7 Å². The predicted octanol–water partition coefficient (Wildman–Crippen LogP) is 2.16. The zero-order chi connectivity index (χ0) is 26.2. The highest BCUT2D eigenvalue weighted by atomic mass is 28.4. The van der Waals surface area contributed by atoms with E-state index in [1.165, 1.54) is 10.9 Å². The number of fused-ring (bicyclic) bond motifs is 1. The molecule has 198 valence electrons. The molecule has 2 aromatic rings. The minimum Gasteiger partial charge on any atom is -0.437 e. The van der Waals surface area contributed by atoms with E-state index in [2.05, 4.69) is 70.3 Å². The van der Waals surface area contributed by atoms with Crippen molar-refractivity contribution in [2.24, 2.45) is 0 Å². The Morgan fingerprint density at radius 3 is 2.29 bits per heavy atom. The Balaban J connectivity index is 1.85. The zero-order valence-corrected chi connectivity index (χ0v) is 24.1. The zero-order valence-electron chi connectivity index (χ0n) is 21.9. The molecule has 13 heteroatoms. The molecule has 11 nitrogen and oxygen atoms in total. The van der Waals surface area contributed by atoms with Crippen LogP contribution in [-0.2, 0) is 13.3 Å². The highest BCUT2D eigenvalue weighted by molar-refractivity contribution is 6.78. The van der Waals surface area contributed by atoms with Crippen LogP contribution in [0.2, 0.25) is 22.2 Å². The van der Waals surface area contributed by atoms with Crippen LogP contribution in [0.1, 0.15) is 61.6 Å². The molecule has 1 aliphatic heterocycles. The lowest BCUT2D eigenvalue weighted by Gasteiger charge is -2.43. The third-order valence-electron chi connectivity index (χ3n) is 6.78. The molecule has 4 atom stereocenters. The molecular weight excluding hydrogens is 486 g/mol. The first-order valence-corrected chi connectivity index (χ1v) is 16.1. The number of nitrogens with zero attached hydrogens (tertiary/aromatic N) is 3. The molecule has 5 N–H and O–H groups in total. The average Bonchev–Trinajstić information content (AvgIpc) is 3.29. The summed E-state index contributed by atoms with van der Waals surface area (Å²) in [5.41, 5.74) is 6.73. The monoisotopic (exact) mass is 527 g/mol. The number of ether oxygens (including phenoxy) is 1. The Kier molecular flexibility index (Phi) is 8.62. The smallest absolute Gasteiger partial charge is 0.333 e. The first kappa shape index (κ1) is 28.0. The molecule has 1 saturated heterocycles. The Hall–Kier alpha value is -1.62. The van der Waals surface area contributed by atoms with Gasteiger partial charge in [-0.05, 0) is 22.2 Å². The van der Waals surface area contributed by atoms with Gasteiger partial charge in [-0.25, -0.2) is 4.98 Å². The Bertz CT molecular complexity index is 1040. The number of hydrogen-bond donors (Lipinski definition) is 4. The van der Waals surface area contributed by atoms with E-state index in [1.54, 1.807) is 0 Å². The molecule has 0 amide bonds. The van der Waals surface area contributed by atoms with Crippen molar-refractivity contribution in [3.63, 3.8) is 0 Å². The topological polar surface area (TPSA) is 158 Å². The number of rotatable bonds is 10. The fraction of sp³-hybridized carbons (Fsp3) is 0.773. The second-order valence-electron chi connectivity index (χ2n) is 10.7. The van der Waals surface area contributed by atoms with Gasteiger partial charge in [0.2, 0.25) is 5.95 Å². The van der Waals surface area contributed by atoms with Gasteiger partial charge >= 0.3 is 8.56 Å². The lowest BCUT2D eigenvalue weighted by atomic mass is 10.1. The number of aliphatic hydroxyl groups is 2. The van der Waals surface area contributed by atoms with Crippen LogP contribution in [0.15, 0.2) is 11.1 Å². The van der Waals surface area contributed by atoms with Gasteiger partial charge in [0, 0.05) is 0 Å². The fourth-order valence-electron chi connectivity index (χ4n) is 5.00. The summed E-state index contributed by atoms with van der Waals surface area (Å²) in [6.45, 7) is 17.5. The normalized spacial score (nSPS) is 23.7. The lowest BCUT2D eigenvalue weighted by Crippen LogP contribution is -2.54. The van der Waals surface area contributed by atoms with E-state index in [4.69, 9.17) is 19.0 Å². The molecule has 0 aliphatic carbocycles. The standard InChI is InChI=1S/C22H41N5O6Si2/c1-11(2)34(12(3)4)33-35(13(5)6,14(7)8)31-9-15-17(28)18(29)21(32-15)27-10-24-16-19(27)25-22(23)26-20(16)30/h10-15,17-18,21,28-29,34H,9H2,1-8H3,(H3,23,25,26,30)/t15-,17?,18+,21-/m1/s1. The third-order valence-corrected chi connectivity index (χ3v) is 15.8. The van der Waals surface area contributed by atoms with E-state index in [0.717, 1.165) is 0 Å². The summed E-state index contributed by atoms with van der Waals surface area (Å²) in [5, 5.41) is 21.6. The first-order chi connectivity index (χ1) is 16.3. The molecule has 35 heavy (non-hydrogen) atoms. The molecule has 0 aromatic carbocycles. The molecule has 1 aliphatic rings. The van der Waals surface area contributed by atoms with Gasteiger partial charge < -0.3 is 29.2 Å². The first-order valence-electron chi connectivity index (χ1n) is 12.4. The molecule has 0 spiro atoms. The van der Waals surface area contributed by atoms with E-state index in [-0.39, 0.29) is 34.8 Å². The molecule has 3 heterocycles. The second kappa shape index (κ2) is 10.8. The summed E-state index contributed by atoms with van der Waals surface area (Å²) in [6, 6.07) is 0. The highest BCUT2D eigenvalue weighted by Crippen LogP contribution is 2.40. The minimum atomic E-state index is -2.71. The number of hydrogen-bond acceptors (Lipinski definition) is 9. The van der Waals surface area contributed by atoms with Crippen molar-refractivity contribution in [3.8, 4) is 0 Å². The van der Waals surface area contributed by atoms with Crippen molar-refractivity contribution >= 4 is 34.7 Å². The molecule has 1 unspecified atom stereocenters. The third kappa shape index (κ3) is 5.40. The summed E-state index contributed by atoms with van der Waals surface area (Å²) >= 11 is 0. The Morgan fingerprint density at radius 2 is 1.74 bits per heavy atom. The van der Waals surface area contributed by atoms with Gasteiger partial charge in [-0.15, -0.1) is 0 Å². The SMILES string of the molecule is CC(C)[SiH](O[Si](OC[C@H]1O[C@@H](n2cnc3c(=O)[nH]c(N)nc32)[C@@H](O)C1O)(C(C)C)C(C)C)C(C)C. The summed E-state index contributed by atoms with van der Waals surface area (Å²) in [5.74, 6) is -0.0759. The van der Waals surface area contributed by atoms with Crippen LogP contribution in [0.4, 0.5) is 5.95 Å². The number of nitrogens with one attached hydrogen (secondary N) is 1. The van der Waals surface area contributed by atoms with E-state index >= 15 is 0 Å². The highest BCUT2D eigenvalue weighted by Gasteiger charge is 2.50. The average molecular weight is 528 g/mol. The number of imidazole rings is 1. The van der Waals surface area contributed by atoms with Crippen molar-refractivity contribution in [1.29, 1.82) is 0 Å². The lowest BCUT2D eigenvalue weighted by molar-refractivity contribution is -0.0515. The van der Waals surface area contributed by atoms with Crippen LogP contribution < -0.4 is 11.3 Å². The van der Waals surface area contributed by atoms with E-state index in [9.17, 15) is 15.0 Å². The quantitative estimate of drug-likeness (QED) is 0.340. The number of anilines is 1. The molecule has 0 radical (unpaired) electrons. The summed E-state index contributed by atoms with van der Waals surface area (Å²) in [6.07, 6.45) is -2.92. The molecule has 0 bridgehead atoms. The van der Waals surface area contributed by atoms with Crippen molar-refractivity contribution in [2.45, 2.75) is 102 Å². The summed E-state index contributed by atoms with van der Waals surface area (Å²) in [7, 11) is -4.29. The summed E-state index contributed by atoms with van der Waals surface area (Å²) < 4.78 is 21.1. The number of aromatic nitrogens is 4. The molecule has 0 saturated carbocycles. The van der Waals surface area contributed by atoms with Crippen LogP contribution in [0.5, 0.6) is 0 Å². The largest absolute Gasteiger partial charge is 0.437 e. The fourth-order valence-corrected chi connectivity index (χ4v) is 15.3. The van der Waals surface area contributed by atoms with E-state index in [1.807, 2.05) is 0 Å². The molecular formula is C22H41N5O6Si2.